The normalized spacial score (nSPS) is 12.8. The van der Waals surface area contributed by atoms with Crippen molar-refractivity contribution in [1.29, 1.82) is 0 Å². The van der Waals surface area contributed by atoms with Crippen LogP contribution in [0.25, 0.3) is 0 Å². The highest BCUT2D eigenvalue weighted by atomic mass is 16.5. The number of nitrogens with one attached hydrogen (secondary N) is 2. The maximum atomic E-state index is 11.5. The van der Waals surface area contributed by atoms with Crippen molar-refractivity contribution >= 4 is 12.0 Å². The SMILES string of the molecule is COCCCCNC(=O)NCC(CC(C)(C)C)C(=O)O. The van der Waals surface area contributed by atoms with Gasteiger partial charge in [0.05, 0.1) is 5.92 Å². The fourth-order valence-electron chi connectivity index (χ4n) is 1.84. The zero-order chi connectivity index (χ0) is 15.6. The second-order valence-electron chi connectivity index (χ2n) is 6.14. The molecule has 0 radical (unpaired) electrons. The Balaban J connectivity index is 3.91. The fraction of sp³-hybridized carbons (Fsp3) is 0.857. The third-order valence-corrected chi connectivity index (χ3v) is 2.78. The van der Waals surface area contributed by atoms with E-state index in [1.54, 1.807) is 7.11 Å². The molecule has 6 nitrogen and oxygen atoms in total. The summed E-state index contributed by atoms with van der Waals surface area (Å²) in [6, 6.07) is -0.317. The number of methoxy groups -OCH3 is 1. The van der Waals surface area contributed by atoms with Crippen LogP contribution in [0.1, 0.15) is 40.0 Å². The molecule has 1 atom stereocenters. The summed E-state index contributed by atoms with van der Waals surface area (Å²) in [5.41, 5.74) is -0.0820. The van der Waals surface area contributed by atoms with E-state index in [2.05, 4.69) is 10.6 Å². The molecule has 0 bridgehead atoms. The first-order valence-corrected chi connectivity index (χ1v) is 6.99. The summed E-state index contributed by atoms with van der Waals surface area (Å²) in [7, 11) is 1.64. The maximum Gasteiger partial charge on any atom is 0.314 e. The highest BCUT2D eigenvalue weighted by molar-refractivity contribution is 5.75. The van der Waals surface area contributed by atoms with Crippen LogP contribution in [0.15, 0.2) is 0 Å². The Hall–Kier alpha value is -1.30. The molecule has 0 aromatic rings. The largest absolute Gasteiger partial charge is 0.481 e. The number of carboxylic acid groups (broad SMARTS) is 1. The van der Waals surface area contributed by atoms with Crippen LogP contribution in [-0.2, 0) is 9.53 Å². The predicted octanol–water partition coefficient (Wildman–Crippen LogP) is 1.85. The van der Waals surface area contributed by atoms with E-state index in [-0.39, 0.29) is 18.0 Å². The molecule has 20 heavy (non-hydrogen) atoms. The van der Waals surface area contributed by atoms with Crippen LogP contribution >= 0.6 is 0 Å². The summed E-state index contributed by atoms with van der Waals surface area (Å²) in [4.78, 5) is 22.7. The smallest absolute Gasteiger partial charge is 0.314 e. The lowest BCUT2D eigenvalue weighted by atomic mass is 9.84. The second-order valence-corrected chi connectivity index (χ2v) is 6.14. The standard InChI is InChI=1S/C14H28N2O4/c1-14(2,3)9-11(12(17)18)10-16-13(19)15-7-5-6-8-20-4/h11H,5-10H2,1-4H3,(H,17,18)(H2,15,16,19). The minimum atomic E-state index is -0.875. The van der Waals surface area contributed by atoms with Gasteiger partial charge in [0.25, 0.3) is 0 Å². The molecule has 0 saturated heterocycles. The zero-order valence-corrected chi connectivity index (χ0v) is 13.0. The Morgan fingerprint density at radius 3 is 2.35 bits per heavy atom. The van der Waals surface area contributed by atoms with Gasteiger partial charge in [-0.1, -0.05) is 20.8 Å². The second kappa shape index (κ2) is 9.58. The van der Waals surface area contributed by atoms with Crippen molar-refractivity contribution in [2.75, 3.05) is 26.8 Å². The van der Waals surface area contributed by atoms with E-state index in [9.17, 15) is 9.59 Å². The van der Waals surface area contributed by atoms with Gasteiger partial charge >= 0.3 is 12.0 Å². The molecule has 118 valence electrons. The molecule has 2 amide bonds. The first kappa shape index (κ1) is 18.7. The van der Waals surface area contributed by atoms with E-state index in [1.807, 2.05) is 20.8 Å². The summed E-state index contributed by atoms with van der Waals surface area (Å²) in [6.45, 7) is 7.34. The van der Waals surface area contributed by atoms with Crippen LogP contribution in [0.2, 0.25) is 0 Å². The van der Waals surface area contributed by atoms with Crippen molar-refractivity contribution < 1.29 is 19.4 Å². The molecular weight excluding hydrogens is 260 g/mol. The zero-order valence-electron chi connectivity index (χ0n) is 13.0. The Kier molecular flexibility index (Phi) is 8.96. The van der Waals surface area contributed by atoms with Gasteiger partial charge < -0.3 is 20.5 Å². The molecule has 3 N–H and O–H groups in total. The summed E-state index contributed by atoms with van der Waals surface area (Å²) in [5.74, 6) is -1.44. The first-order valence-electron chi connectivity index (χ1n) is 6.99. The van der Waals surface area contributed by atoms with Crippen molar-refractivity contribution in [3.8, 4) is 0 Å². The molecule has 0 heterocycles. The van der Waals surface area contributed by atoms with Gasteiger partial charge in [-0.25, -0.2) is 4.79 Å². The number of ether oxygens (including phenoxy) is 1. The molecule has 6 heteroatoms. The molecule has 0 aliphatic heterocycles. The van der Waals surface area contributed by atoms with Crippen molar-refractivity contribution in [2.24, 2.45) is 11.3 Å². The van der Waals surface area contributed by atoms with Gasteiger partial charge in [0.15, 0.2) is 0 Å². The topological polar surface area (TPSA) is 87.7 Å². The molecule has 0 aliphatic carbocycles. The van der Waals surface area contributed by atoms with Crippen molar-refractivity contribution in [2.45, 2.75) is 40.0 Å². The molecule has 0 spiro atoms. The monoisotopic (exact) mass is 288 g/mol. The molecule has 0 aliphatic rings. The quantitative estimate of drug-likeness (QED) is 0.565. The summed E-state index contributed by atoms with van der Waals surface area (Å²) in [6.07, 6.45) is 2.25. The van der Waals surface area contributed by atoms with E-state index in [0.29, 0.717) is 19.6 Å². The lowest BCUT2D eigenvalue weighted by Gasteiger charge is -2.23. The van der Waals surface area contributed by atoms with E-state index in [4.69, 9.17) is 9.84 Å². The Bertz CT molecular complexity index is 300. The third kappa shape index (κ3) is 10.6. The first-order chi connectivity index (χ1) is 9.26. The van der Waals surface area contributed by atoms with Crippen LogP contribution in [0.3, 0.4) is 0 Å². The number of unbranched alkanes of at least 4 members (excludes halogenated alkanes) is 1. The van der Waals surface area contributed by atoms with Crippen LogP contribution in [0, 0.1) is 11.3 Å². The van der Waals surface area contributed by atoms with Crippen LogP contribution < -0.4 is 10.6 Å². The van der Waals surface area contributed by atoms with Crippen LogP contribution in [0.5, 0.6) is 0 Å². The number of hydrogen-bond donors (Lipinski definition) is 3. The van der Waals surface area contributed by atoms with E-state index < -0.39 is 11.9 Å². The van der Waals surface area contributed by atoms with Crippen molar-refractivity contribution in [1.82, 2.24) is 10.6 Å². The number of urea groups is 1. The van der Waals surface area contributed by atoms with Gasteiger partial charge in [-0.2, -0.15) is 0 Å². The summed E-state index contributed by atoms with van der Waals surface area (Å²) in [5, 5.41) is 14.5. The number of carbonyl (C=O) groups excluding carboxylic acids is 1. The lowest BCUT2D eigenvalue weighted by molar-refractivity contribution is -0.142. The number of rotatable bonds is 9. The van der Waals surface area contributed by atoms with Gasteiger partial charge in [0.1, 0.15) is 0 Å². The molecule has 0 aromatic heterocycles. The number of carboxylic acids is 1. The average Bonchev–Trinajstić information content (AvgIpc) is 2.32. The van der Waals surface area contributed by atoms with E-state index >= 15 is 0 Å². The molecule has 0 rings (SSSR count). The van der Waals surface area contributed by atoms with Gasteiger partial charge in [-0.05, 0) is 24.7 Å². The van der Waals surface area contributed by atoms with Gasteiger partial charge in [0.2, 0.25) is 0 Å². The Labute approximate surface area is 121 Å². The molecule has 0 aromatic carbocycles. The average molecular weight is 288 g/mol. The number of aliphatic carboxylic acids is 1. The predicted molar refractivity (Wildman–Crippen MR) is 77.7 cm³/mol. The van der Waals surface area contributed by atoms with Crippen LogP contribution in [-0.4, -0.2) is 43.9 Å². The van der Waals surface area contributed by atoms with E-state index in [1.165, 1.54) is 0 Å². The summed E-state index contributed by atoms with van der Waals surface area (Å²) < 4.78 is 4.91. The minimum absolute atomic E-state index is 0.0820. The highest BCUT2D eigenvalue weighted by Gasteiger charge is 2.24. The fourth-order valence-corrected chi connectivity index (χ4v) is 1.84. The van der Waals surface area contributed by atoms with Crippen LogP contribution in [0.4, 0.5) is 4.79 Å². The number of carbonyl (C=O) groups is 2. The Morgan fingerprint density at radius 2 is 1.85 bits per heavy atom. The molecule has 0 saturated carbocycles. The number of amides is 2. The lowest BCUT2D eigenvalue weighted by Crippen LogP contribution is -2.41. The third-order valence-electron chi connectivity index (χ3n) is 2.78. The molecule has 0 fully saturated rings. The minimum Gasteiger partial charge on any atom is -0.481 e. The molecular formula is C14H28N2O4. The maximum absolute atomic E-state index is 11.5. The Morgan fingerprint density at radius 1 is 1.20 bits per heavy atom. The number of hydrogen-bond acceptors (Lipinski definition) is 3. The van der Waals surface area contributed by atoms with Crippen molar-refractivity contribution in [3.05, 3.63) is 0 Å². The van der Waals surface area contributed by atoms with Crippen molar-refractivity contribution in [3.63, 3.8) is 0 Å². The van der Waals surface area contributed by atoms with E-state index in [0.717, 1.165) is 12.8 Å². The highest BCUT2D eigenvalue weighted by Crippen LogP contribution is 2.24. The molecule has 1 unspecified atom stereocenters. The summed E-state index contributed by atoms with van der Waals surface area (Å²) >= 11 is 0. The van der Waals surface area contributed by atoms with Gasteiger partial charge in [-0.15, -0.1) is 0 Å². The van der Waals surface area contributed by atoms with Gasteiger partial charge in [0, 0.05) is 26.8 Å². The van der Waals surface area contributed by atoms with Gasteiger partial charge in [-0.3, -0.25) is 4.79 Å².